The molecule has 0 radical (unpaired) electrons. The van der Waals surface area contributed by atoms with Crippen LogP contribution in [-0.2, 0) is 0 Å². The van der Waals surface area contributed by atoms with Crippen LogP contribution in [0.25, 0.3) is 0 Å². The zero-order chi connectivity index (χ0) is 11.4. The summed E-state index contributed by atoms with van der Waals surface area (Å²) < 4.78 is 5.48. The third kappa shape index (κ3) is 3.44. The van der Waals surface area contributed by atoms with E-state index in [9.17, 15) is 0 Å². The molecule has 88 valence electrons. The highest BCUT2D eigenvalue weighted by molar-refractivity contribution is 5.48. The molecule has 0 bridgehead atoms. The highest BCUT2D eigenvalue weighted by Crippen LogP contribution is 2.34. The lowest BCUT2D eigenvalue weighted by molar-refractivity contribution is 0.340. The van der Waals surface area contributed by atoms with Crippen LogP contribution in [0.2, 0.25) is 0 Å². The molecule has 0 heterocycles. The van der Waals surface area contributed by atoms with Gasteiger partial charge in [0.2, 0.25) is 0 Å². The van der Waals surface area contributed by atoms with Crippen molar-refractivity contribution in [3.63, 3.8) is 0 Å². The van der Waals surface area contributed by atoms with Gasteiger partial charge in [0.05, 0.1) is 6.61 Å². The lowest BCUT2D eigenvalue weighted by Gasteiger charge is -2.15. The third-order valence-electron chi connectivity index (χ3n) is 2.94. The van der Waals surface area contributed by atoms with Crippen LogP contribution in [0.15, 0.2) is 24.3 Å². The molecule has 0 spiro atoms. The Morgan fingerprint density at radius 2 is 2.25 bits per heavy atom. The molecule has 2 nitrogen and oxygen atoms in total. The molecule has 0 aliphatic heterocycles. The van der Waals surface area contributed by atoms with E-state index in [0.717, 1.165) is 18.3 Å². The normalized spacial score (nSPS) is 16.9. The maximum Gasteiger partial charge on any atom is 0.121 e. The lowest BCUT2D eigenvalue weighted by Crippen LogP contribution is -2.15. The van der Waals surface area contributed by atoms with Crippen molar-refractivity contribution in [2.45, 2.75) is 39.2 Å². The average Bonchev–Trinajstić information content (AvgIpc) is 3.02. The summed E-state index contributed by atoms with van der Waals surface area (Å²) in [5, 5.41) is 3.53. The topological polar surface area (TPSA) is 21.3 Å². The molecule has 2 heteroatoms. The van der Waals surface area contributed by atoms with Crippen LogP contribution in [0.5, 0.6) is 5.75 Å². The molecular weight excluding hydrogens is 198 g/mol. The van der Waals surface area contributed by atoms with Crippen LogP contribution >= 0.6 is 0 Å². The second kappa shape index (κ2) is 5.24. The summed E-state index contributed by atoms with van der Waals surface area (Å²) in [6.45, 7) is 4.99. The van der Waals surface area contributed by atoms with Gasteiger partial charge in [-0.3, -0.25) is 0 Å². The molecule has 1 aliphatic carbocycles. The predicted molar refractivity (Wildman–Crippen MR) is 68.0 cm³/mol. The molecule has 1 atom stereocenters. The van der Waals surface area contributed by atoms with Gasteiger partial charge in [0.1, 0.15) is 5.75 Å². The van der Waals surface area contributed by atoms with Crippen molar-refractivity contribution < 1.29 is 4.74 Å². The monoisotopic (exact) mass is 219 g/mol. The van der Waals surface area contributed by atoms with Crippen molar-refractivity contribution >= 4 is 5.69 Å². The standard InChI is InChI=1S/C14H21NO/c1-3-16-14-6-4-5-13(10-14)15-11(2)9-12-7-8-12/h4-6,10-12,15H,3,7-9H2,1-2H3. The van der Waals surface area contributed by atoms with Crippen molar-refractivity contribution in [2.75, 3.05) is 11.9 Å². The van der Waals surface area contributed by atoms with Gasteiger partial charge in [-0.15, -0.1) is 0 Å². The van der Waals surface area contributed by atoms with E-state index in [1.807, 2.05) is 19.1 Å². The van der Waals surface area contributed by atoms with E-state index in [1.165, 1.54) is 24.9 Å². The summed E-state index contributed by atoms with van der Waals surface area (Å²) in [7, 11) is 0. The van der Waals surface area contributed by atoms with Crippen LogP contribution in [0.4, 0.5) is 5.69 Å². The zero-order valence-corrected chi connectivity index (χ0v) is 10.2. The summed E-state index contributed by atoms with van der Waals surface area (Å²) in [6.07, 6.45) is 4.13. The van der Waals surface area contributed by atoms with Crippen LogP contribution in [0, 0.1) is 5.92 Å². The van der Waals surface area contributed by atoms with Gasteiger partial charge in [-0.1, -0.05) is 18.9 Å². The Morgan fingerprint density at radius 3 is 2.94 bits per heavy atom. The Kier molecular flexibility index (Phi) is 3.70. The summed E-state index contributed by atoms with van der Waals surface area (Å²) in [5.74, 6) is 1.92. The van der Waals surface area contributed by atoms with Crippen molar-refractivity contribution in [3.05, 3.63) is 24.3 Å². The first-order valence-electron chi connectivity index (χ1n) is 6.27. The Hall–Kier alpha value is -1.18. The van der Waals surface area contributed by atoms with Gasteiger partial charge in [-0.2, -0.15) is 0 Å². The van der Waals surface area contributed by atoms with E-state index in [1.54, 1.807) is 0 Å². The number of anilines is 1. The van der Waals surface area contributed by atoms with Crippen LogP contribution in [-0.4, -0.2) is 12.6 Å². The lowest BCUT2D eigenvalue weighted by atomic mass is 10.1. The smallest absolute Gasteiger partial charge is 0.121 e. The van der Waals surface area contributed by atoms with Gasteiger partial charge >= 0.3 is 0 Å². The molecule has 2 rings (SSSR count). The molecule has 1 unspecified atom stereocenters. The van der Waals surface area contributed by atoms with E-state index in [0.29, 0.717) is 6.04 Å². The van der Waals surface area contributed by atoms with Gasteiger partial charge in [-0.05, 0) is 38.3 Å². The number of ether oxygens (including phenoxy) is 1. The molecule has 1 N–H and O–H groups in total. The molecule has 0 aromatic heterocycles. The summed E-state index contributed by atoms with van der Waals surface area (Å²) in [4.78, 5) is 0. The molecule has 0 amide bonds. The van der Waals surface area contributed by atoms with Crippen molar-refractivity contribution in [3.8, 4) is 5.75 Å². The summed E-state index contributed by atoms with van der Waals surface area (Å²) in [6, 6.07) is 8.78. The quantitative estimate of drug-likeness (QED) is 0.788. The molecule has 1 aromatic carbocycles. The molecule has 0 saturated heterocycles. The number of benzene rings is 1. The second-order valence-electron chi connectivity index (χ2n) is 4.69. The Bertz CT molecular complexity index is 333. The van der Waals surface area contributed by atoms with Crippen LogP contribution < -0.4 is 10.1 Å². The summed E-state index contributed by atoms with van der Waals surface area (Å²) >= 11 is 0. The number of hydrogen-bond donors (Lipinski definition) is 1. The molecular formula is C14H21NO. The van der Waals surface area contributed by atoms with Gasteiger partial charge < -0.3 is 10.1 Å². The highest BCUT2D eigenvalue weighted by Gasteiger charge is 2.23. The second-order valence-corrected chi connectivity index (χ2v) is 4.69. The summed E-state index contributed by atoms with van der Waals surface area (Å²) in [5.41, 5.74) is 1.17. The van der Waals surface area contributed by atoms with E-state index in [-0.39, 0.29) is 0 Å². The molecule has 1 aliphatic rings. The Morgan fingerprint density at radius 1 is 1.44 bits per heavy atom. The maximum absolute atomic E-state index is 5.48. The first-order valence-corrected chi connectivity index (χ1v) is 6.27. The van der Waals surface area contributed by atoms with E-state index >= 15 is 0 Å². The third-order valence-corrected chi connectivity index (χ3v) is 2.94. The Labute approximate surface area is 98.0 Å². The van der Waals surface area contributed by atoms with Crippen molar-refractivity contribution in [2.24, 2.45) is 5.92 Å². The Balaban J connectivity index is 1.88. The maximum atomic E-state index is 5.48. The highest BCUT2D eigenvalue weighted by atomic mass is 16.5. The largest absolute Gasteiger partial charge is 0.494 e. The SMILES string of the molecule is CCOc1cccc(NC(C)CC2CC2)c1. The van der Waals surface area contributed by atoms with E-state index in [4.69, 9.17) is 4.74 Å². The number of hydrogen-bond acceptors (Lipinski definition) is 2. The fourth-order valence-electron chi connectivity index (χ4n) is 2.04. The fourth-order valence-corrected chi connectivity index (χ4v) is 2.04. The minimum atomic E-state index is 0.560. The zero-order valence-electron chi connectivity index (χ0n) is 10.2. The van der Waals surface area contributed by atoms with Gasteiger partial charge in [0.25, 0.3) is 0 Å². The van der Waals surface area contributed by atoms with Crippen molar-refractivity contribution in [1.29, 1.82) is 0 Å². The minimum Gasteiger partial charge on any atom is -0.494 e. The number of nitrogens with one attached hydrogen (secondary N) is 1. The average molecular weight is 219 g/mol. The molecule has 1 aromatic rings. The molecule has 1 saturated carbocycles. The first kappa shape index (κ1) is 11.3. The van der Waals surface area contributed by atoms with Crippen LogP contribution in [0.1, 0.15) is 33.1 Å². The van der Waals surface area contributed by atoms with E-state index < -0.39 is 0 Å². The predicted octanol–water partition coefficient (Wildman–Crippen LogP) is 3.69. The molecule has 16 heavy (non-hydrogen) atoms. The molecule has 1 fully saturated rings. The van der Waals surface area contributed by atoms with Crippen LogP contribution in [0.3, 0.4) is 0 Å². The van der Waals surface area contributed by atoms with Crippen molar-refractivity contribution in [1.82, 2.24) is 0 Å². The van der Waals surface area contributed by atoms with Gasteiger partial charge in [0.15, 0.2) is 0 Å². The van der Waals surface area contributed by atoms with Gasteiger partial charge in [-0.25, -0.2) is 0 Å². The minimum absolute atomic E-state index is 0.560. The van der Waals surface area contributed by atoms with Gasteiger partial charge in [0, 0.05) is 17.8 Å². The fraction of sp³-hybridized carbons (Fsp3) is 0.571. The van der Waals surface area contributed by atoms with E-state index in [2.05, 4.69) is 24.4 Å². The number of rotatable bonds is 6. The first-order chi connectivity index (χ1) is 7.78.